The lowest BCUT2D eigenvalue weighted by atomic mass is 9.93. The first-order chi connectivity index (χ1) is 12.2. The zero-order chi connectivity index (χ0) is 17.4. The highest BCUT2D eigenvalue weighted by Crippen LogP contribution is 2.40. The Kier molecular flexibility index (Phi) is 4.27. The van der Waals surface area contributed by atoms with Crippen molar-refractivity contribution < 1.29 is 4.74 Å². The average molecular weight is 375 g/mol. The van der Waals surface area contributed by atoms with Crippen molar-refractivity contribution in [1.29, 1.82) is 0 Å². The van der Waals surface area contributed by atoms with Gasteiger partial charge in [0.2, 0.25) is 5.95 Å². The van der Waals surface area contributed by atoms with Crippen molar-refractivity contribution in [3.8, 4) is 5.75 Å². The van der Waals surface area contributed by atoms with Crippen LogP contribution in [0.15, 0.2) is 48.8 Å². The number of aromatic nitrogens is 3. The zero-order valence-corrected chi connectivity index (χ0v) is 15.0. The molecule has 3 aromatic rings. The molecule has 0 saturated carbocycles. The minimum atomic E-state index is 0.0218. The largest absolute Gasteiger partial charge is 0.497 e. The molecule has 1 N–H and O–H groups in total. The fourth-order valence-corrected chi connectivity index (χ4v) is 3.75. The van der Waals surface area contributed by atoms with Crippen molar-refractivity contribution in [1.82, 2.24) is 14.8 Å². The van der Waals surface area contributed by atoms with E-state index in [2.05, 4.69) is 27.5 Å². The number of nitrogens with zero attached hydrogens (tertiary/aromatic N) is 3. The average Bonchev–Trinajstić information content (AvgIpc) is 3.09. The molecule has 1 aliphatic heterocycles. The summed E-state index contributed by atoms with van der Waals surface area (Å²) in [5.41, 5.74) is 2.14. The Bertz CT molecular complexity index is 894. The number of anilines is 1. The van der Waals surface area contributed by atoms with E-state index in [1.54, 1.807) is 19.5 Å². The molecule has 2 heterocycles. The molecule has 2 atom stereocenters. The molecule has 2 unspecified atom stereocenters. The minimum Gasteiger partial charge on any atom is -0.497 e. The first-order valence-electron chi connectivity index (χ1n) is 7.90. The van der Waals surface area contributed by atoms with Crippen LogP contribution in [0, 0.1) is 0 Å². The maximum atomic E-state index is 6.41. The Morgan fingerprint density at radius 1 is 1.16 bits per heavy atom. The highest BCUT2D eigenvalue weighted by molar-refractivity contribution is 6.35. The van der Waals surface area contributed by atoms with E-state index in [0.717, 1.165) is 29.2 Å². The van der Waals surface area contributed by atoms with Crippen molar-refractivity contribution >= 4 is 29.2 Å². The fourth-order valence-electron chi connectivity index (χ4n) is 3.21. The summed E-state index contributed by atoms with van der Waals surface area (Å²) in [5, 5.41) is 9.06. The predicted octanol–water partition coefficient (Wildman–Crippen LogP) is 4.74. The number of rotatable bonds is 3. The molecule has 128 valence electrons. The van der Waals surface area contributed by atoms with Crippen LogP contribution in [0.25, 0.3) is 0 Å². The van der Waals surface area contributed by atoms with Crippen LogP contribution in [0.2, 0.25) is 10.0 Å². The van der Waals surface area contributed by atoms with E-state index in [1.807, 2.05) is 28.9 Å². The highest BCUT2D eigenvalue weighted by atomic mass is 35.5. The molecule has 0 amide bonds. The molecule has 4 rings (SSSR count). The van der Waals surface area contributed by atoms with E-state index in [1.165, 1.54) is 0 Å². The van der Waals surface area contributed by atoms with Gasteiger partial charge in [0.1, 0.15) is 12.1 Å². The van der Waals surface area contributed by atoms with Gasteiger partial charge in [-0.3, -0.25) is 0 Å². The summed E-state index contributed by atoms with van der Waals surface area (Å²) in [7, 11) is 1.66. The molecule has 1 aromatic heterocycles. The molecular weight excluding hydrogens is 359 g/mol. The third-order valence-electron chi connectivity index (χ3n) is 4.47. The number of methoxy groups -OCH3 is 1. The number of hydrogen-bond acceptors (Lipinski definition) is 4. The third-order valence-corrected chi connectivity index (χ3v) is 5.03. The lowest BCUT2D eigenvalue weighted by Crippen LogP contribution is -2.28. The number of hydrogen-bond donors (Lipinski definition) is 1. The van der Waals surface area contributed by atoms with Crippen molar-refractivity contribution in [2.75, 3.05) is 12.4 Å². The Morgan fingerprint density at radius 3 is 2.68 bits per heavy atom. The molecule has 0 spiro atoms. The Hall–Kier alpha value is -2.24. The third kappa shape index (κ3) is 3.05. The summed E-state index contributed by atoms with van der Waals surface area (Å²) >= 11 is 12.4. The smallest absolute Gasteiger partial charge is 0.222 e. The van der Waals surface area contributed by atoms with Crippen LogP contribution in [-0.4, -0.2) is 21.9 Å². The molecule has 7 heteroatoms. The van der Waals surface area contributed by atoms with Gasteiger partial charge in [-0.2, -0.15) is 10.1 Å². The Labute approximate surface area is 155 Å². The van der Waals surface area contributed by atoms with Gasteiger partial charge in [-0.05, 0) is 41.8 Å². The van der Waals surface area contributed by atoms with E-state index in [-0.39, 0.29) is 12.1 Å². The lowest BCUT2D eigenvalue weighted by molar-refractivity contribution is 0.411. The van der Waals surface area contributed by atoms with E-state index in [0.29, 0.717) is 10.0 Å². The molecule has 25 heavy (non-hydrogen) atoms. The number of ether oxygens (including phenoxy) is 1. The van der Waals surface area contributed by atoms with E-state index < -0.39 is 0 Å². The lowest BCUT2D eigenvalue weighted by Gasteiger charge is -2.32. The van der Waals surface area contributed by atoms with Crippen molar-refractivity contribution in [2.45, 2.75) is 18.5 Å². The van der Waals surface area contributed by atoms with Gasteiger partial charge in [0.15, 0.2) is 0 Å². The van der Waals surface area contributed by atoms with Gasteiger partial charge in [0, 0.05) is 10.0 Å². The summed E-state index contributed by atoms with van der Waals surface area (Å²) in [6, 6.07) is 13.7. The standard InChI is InChI=1S/C18H16Cl2N4O/c1-25-13-5-2-11(3-6-13)17-9-16(23-18-21-10-22-24(17)18)14-7-4-12(19)8-15(14)20/h2-8,10,16-17H,9H2,1H3,(H,21,22,23). The van der Waals surface area contributed by atoms with Gasteiger partial charge in [-0.15, -0.1) is 0 Å². The first kappa shape index (κ1) is 16.2. The predicted molar refractivity (Wildman–Crippen MR) is 98.6 cm³/mol. The van der Waals surface area contributed by atoms with Crippen LogP contribution in [0.3, 0.4) is 0 Å². The topological polar surface area (TPSA) is 52.0 Å². The molecule has 0 aliphatic carbocycles. The monoisotopic (exact) mass is 374 g/mol. The summed E-state index contributed by atoms with van der Waals surface area (Å²) < 4.78 is 7.16. The van der Waals surface area contributed by atoms with Crippen molar-refractivity contribution in [3.63, 3.8) is 0 Å². The SMILES string of the molecule is COc1ccc(C2CC(c3ccc(Cl)cc3Cl)Nc3ncnn32)cc1. The van der Waals surface area contributed by atoms with Gasteiger partial charge >= 0.3 is 0 Å². The molecule has 0 saturated heterocycles. The molecule has 0 bridgehead atoms. The molecule has 5 nitrogen and oxygen atoms in total. The van der Waals surface area contributed by atoms with Crippen LogP contribution < -0.4 is 10.1 Å². The number of halogens is 2. The molecule has 1 aliphatic rings. The van der Waals surface area contributed by atoms with Crippen molar-refractivity contribution in [3.05, 3.63) is 70.0 Å². The fraction of sp³-hybridized carbons (Fsp3) is 0.222. The van der Waals surface area contributed by atoms with E-state index in [9.17, 15) is 0 Å². The molecule has 0 radical (unpaired) electrons. The maximum absolute atomic E-state index is 6.41. The highest BCUT2D eigenvalue weighted by Gasteiger charge is 2.30. The maximum Gasteiger partial charge on any atom is 0.222 e. The second-order valence-electron chi connectivity index (χ2n) is 5.92. The molecule has 2 aromatic carbocycles. The van der Waals surface area contributed by atoms with Gasteiger partial charge in [-0.25, -0.2) is 4.68 Å². The van der Waals surface area contributed by atoms with E-state index >= 15 is 0 Å². The van der Waals surface area contributed by atoms with E-state index in [4.69, 9.17) is 27.9 Å². The number of nitrogens with one attached hydrogen (secondary N) is 1. The number of benzene rings is 2. The molecule has 0 fully saturated rings. The summed E-state index contributed by atoms with van der Waals surface area (Å²) in [6.07, 6.45) is 2.36. The van der Waals surface area contributed by atoms with Crippen LogP contribution in [0.1, 0.15) is 29.6 Å². The number of fused-ring (bicyclic) bond motifs is 1. The Balaban J connectivity index is 1.72. The second-order valence-corrected chi connectivity index (χ2v) is 6.76. The first-order valence-corrected chi connectivity index (χ1v) is 8.66. The van der Waals surface area contributed by atoms with Gasteiger partial charge in [0.25, 0.3) is 0 Å². The van der Waals surface area contributed by atoms with Crippen molar-refractivity contribution in [2.24, 2.45) is 0 Å². The summed E-state index contributed by atoms with van der Waals surface area (Å²) in [6.45, 7) is 0. The minimum absolute atomic E-state index is 0.0218. The zero-order valence-electron chi connectivity index (χ0n) is 13.5. The normalized spacial score (nSPS) is 19.2. The van der Waals surface area contributed by atoms with Gasteiger partial charge < -0.3 is 10.1 Å². The second kappa shape index (κ2) is 6.58. The molecular formula is C18H16Cl2N4O. The Morgan fingerprint density at radius 2 is 1.96 bits per heavy atom. The van der Waals surface area contributed by atoms with Crippen LogP contribution in [0.5, 0.6) is 5.75 Å². The summed E-state index contributed by atoms with van der Waals surface area (Å²) in [4.78, 5) is 4.34. The van der Waals surface area contributed by atoms with Gasteiger partial charge in [0.05, 0.1) is 19.2 Å². The quantitative estimate of drug-likeness (QED) is 0.719. The van der Waals surface area contributed by atoms with Crippen LogP contribution in [-0.2, 0) is 0 Å². The van der Waals surface area contributed by atoms with Crippen LogP contribution >= 0.6 is 23.2 Å². The summed E-state index contributed by atoms with van der Waals surface area (Å²) in [5.74, 6) is 1.55. The van der Waals surface area contributed by atoms with Crippen LogP contribution in [0.4, 0.5) is 5.95 Å². The van der Waals surface area contributed by atoms with Gasteiger partial charge in [-0.1, -0.05) is 41.4 Å².